The quantitative estimate of drug-likeness (QED) is 0.401. The first kappa shape index (κ1) is 21.3. The number of para-hydroxylation sites is 3. The van der Waals surface area contributed by atoms with Crippen LogP contribution in [0.1, 0.15) is 10.4 Å². The van der Waals surface area contributed by atoms with Crippen LogP contribution in [-0.4, -0.2) is 41.6 Å². The number of amides is 1. The molecule has 1 saturated heterocycles. The van der Waals surface area contributed by atoms with Gasteiger partial charge in [0, 0.05) is 42.9 Å². The molecule has 0 atom stereocenters. The Morgan fingerprint density at radius 1 is 0.710 bits per heavy atom. The van der Waals surface area contributed by atoms with Crippen molar-refractivity contribution in [1.82, 2.24) is 9.47 Å². The molecule has 0 saturated carbocycles. The molecule has 4 nitrogen and oxygen atoms in total. The van der Waals surface area contributed by atoms with Crippen LogP contribution in [0.5, 0.6) is 0 Å². The summed E-state index contributed by atoms with van der Waals surface area (Å²) >= 11 is 6.83. The molecule has 0 aliphatic carbocycles. The highest BCUT2D eigenvalue weighted by Crippen LogP contribution is 2.34. The van der Waals surface area contributed by atoms with Gasteiger partial charge < -0.3 is 9.80 Å². The summed E-state index contributed by atoms with van der Waals surface area (Å²) in [5, 5.41) is 1.36. The van der Waals surface area contributed by atoms with Gasteiger partial charge in [-0.15, -0.1) is 12.4 Å². The molecule has 6 heteroatoms. The van der Waals surface area contributed by atoms with Gasteiger partial charge in [-0.25, -0.2) is 0 Å². The van der Waals surface area contributed by atoms with Crippen LogP contribution in [-0.2, 0) is 0 Å². The first-order chi connectivity index (χ1) is 14.7. The van der Waals surface area contributed by atoms with Crippen molar-refractivity contribution in [2.45, 2.75) is 0 Å². The molecule has 0 spiro atoms. The molecule has 1 aliphatic heterocycles. The second kappa shape index (κ2) is 9.04. The summed E-state index contributed by atoms with van der Waals surface area (Å²) < 4.78 is 1.96. The van der Waals surface area contributed by atoms with Gasteiger partial charge >= 0.3 is 0 Å². The van der Waals surface area contributed by atoms with E-state index in [2.05, 4.69) is 17.0 Å². The standard InChI is InChI=1S/C25H22ClN3O.ClH/c26-24-23(21-13-7-8-14-22(21)29(24)20-11-5-2-6-12-20)25(30)28-17-15-27(16-18-28)19-9-3-1-4-10-19;/h1-14H,15-18H2;1H. The first-order valence-electron chi connectivity index (χ1n) is 10.2. The van der Waals surface area contributed by atoms with E-state index >= 15 is 0 Å². The Kier molecular flexibility index (Phi) is 6.21. The molecule has 1 aromatic heterocycles. The molecule has 31 heavy (non-hydrogen) atoms. The van der Waals surface area contributed by atoms with Crippen LogP contribution in [0.2, 0.25) is 5.15 Å². The minimum atomic E-state index is -0.00130. The molecule has 2 heterocycles. The van der Waals surface area contributed by atoms with Crippen molar-refractivity contribution >= 4 is 46.5 Å². The lowest BCUT2D eigenvalue weighted by Gasteiger charge is -2.36. The van der Waals surface area contributed by atoms with Crippen molar-refractivity contribution in [2.24, 2.45) is 0 Å². The minimum Gasteiger partial charge on any atom is -0.368 e. The van der Waals surface area contributed by atoms with Gasteiger partial charge in [0.1, 0.15) is 5.15 Å². The normalized spacial score (nSPS) is 13.8. The topological polar surface area (TPSA) is 28.5 Å². The average Bonchev–Trinajstić information content (AvgIpc) is 3.11. The van der Waals surface area contributed by atoms with Gasteiger partial charge in [-0.2, -0.15) is 0 Å². The van der Waals surface area contributed by atoms with E-state index in [1.807, 2.05) is 82.3 Å². The molecule has 158 valence electrons. The predicted molar refractivity (Wildman–Crippen MR) is 130 cm³/mol. The highest BCUT2D eigenvalue weighted by molar-refractivity contribution is 6.36. The van der Waals surface area contributed by atoms with Crippen LogP contribution in [0.25, 0.3) is 16.6 Å². The van der Waals surface area contributed by atoms with Crippen molar-refractivity contribution in [3.05, 3.63) is 95.6 Å². The number of piperazine rings is 1. The number of rotatable bonds is 3. The third-order valence-corrected chi connectivity index (χ3v) is 6.09. The second-order valence-corrected chi connectivity index (χ2v) is 7.83. The second-order valence-electron chi connectivity index (χ2n) is 7.47. The maximum Gasteiger partial charge on any atom is 0.257 e. The van der Waals surface area contributed by atoms with E-state index in [1.165, 1.54) is 5.69 Å². The Hall–Kier alpha value is -2.95. The van der Waals surface area contributed by atoms with E-state index in [4.69, 9.17) is 11.6 Å². The summed E-state index contributed by atoms with van der Waals surface area (Å²) in [6, 6.07) is 28.2. The number of aromatic nitrogens is 1. The monoisotopic (exact) mass is 451 g/mol. The van der Waals surface area contributed by atoms with Gasteiger partial charge in [0.25, 0.3) is 5.91 Å². The van der Waals surface area contributed by atoms with Crippen molar-refractivity contribution in [3.8, 4) is 5.69 Å². The molecular weight excluding hydrogens is 429 g/mol. The van der Waals surface area contributed by atoms with Crippen LogP contribution in [0.3, 0.4) is 0 Å². The highest BCUT2D eigenvalue weighted by Gasteiger charge is 2.28. The molecule has 1 amide bonds. The summed E-state index contributed by atoms with van der Waals surface area (Å²) in [4.78, 5) is 17.8. The van der Waals surface area contributed by atoms with Crippen LogP contribution < -0.4 is 4.90 Å². The van der Waals surface area contributed by atoms with Crippen LogP contribution in [0.15, 0.2) is 84.9 Å². The number of fused-ring (bicyclic) bond motifs is 1. The minimum absolute atomic E-state index is 0. The Morgan fingerprint density at radius 2 is 1.26 bits per heavy atom. The zero-order valence-corrected chi connectivity index (χ0v) is 18.5. The molecule has 4 aromatic rings. The molecular formula is C25H23Cl2N3O. The maximum absolute atomic E-state index is 13.5. The molecule has 0 radical (unpaired) electrons. The zero-order valence-electron chi connectivity index (χ0n) is 16.9. The lowest BCUT2D eigenvalue weighted by atomic mass is 10.1. The molecule has 0 bridgehead atoms. The third kappa shape index (κ3) is 3.89. The summed E-state index contributed by atoms with van der Waals surface area (Å²) in [7, 11) is 0. The lowest BCUT2D eigenvalue weighted by Crippen LogP contribution is -2.48. The number of benzene rings is 3. The smallest absolute Gasteiger partial charge is 0.257 e. The SMILES string of the molecule is Cl.O=C(c1c(Cl)n(-c2ccccc2)c2ccccc12)N1CCN(c2ccccc2)CC1. The van der Waals surface area contributed by atoms with Gasteiger partial charge in [-0.05, 0) is 30.3 Å². The van der Waals surface area contributed by atoms with Crippen LogP contribution in [0.4, 0.5) is 5.69 Å². The van der Waals surface area contributed by atoms with E-state index < -0.39 is 0 Å². The van der Waals surface area contributed by atoms with Gasteiger partial charge in [0.05, 0.1) is 11.1 Å². The number of hydrogen-bond donors (Lipinski definition) is 0. The number of carbonyl (C=O) groups is 1. The Balaban J connectivity index is 0.00000231. The fourth-order valence-corrected chi connectivity index (χ4v) is 4.58. The lowest BCUT2D eigenvalue weighted by molar-refractivity contribution is 0.0749. The van der Waals surface area contributed by atoms with Crippen molar-refractivity contribution < 1.29 is 4.79 Å². The van der Waals surface area contributed by atoms with Crippen LogP contribution in [0, 0.1) is 0 Å². The van der Waals surface area contributed by atoms with Gasteiger partial charge in [-0.1, -0.05) is 66.2 Å². The molecule has 0 N–H and O–H groups in total. The van der Waals surface area contributed by atoms with Gasteiger partial charge in [0.2, 0.25) is 0 Å². The fourth-order valence-electron chi connectivity index (χ4n) is 4.21. The summed E-state index contributed by atoms with van der Waals surface area (Å²) in [6.45, 7) is 2.97. The summed E-state index contributed by atoms with van der Waals surface area (Å²) in [5.41, 5.74) is 3.68. The Morgan fingerprint density at radius 3 is 1.90 bits per heavy atom. The maximum atomic E-state index is 13.5. The van der Waals surface area contributed by atoms with E-state index in [9.17, 15) is 4.79 Å². The molecule has 0 unspecified atom stereocenters. The van der Waals surface area contributed by atoms with E-state index in [0.717, 1.165) is 29.7 Å². The van der Waals surface area contributed by atoms with E-state index in [-0.39, 0.29) is 18.3 Å². The Bertz CT molecular complexity index is 1180. The van der Waals surface area contributed by atoms with Crippen molar-refractivity contribution in [1.29, 1.82) is 0 Å². The predicted octanol–water partition coefficient (Wildman–Crippen LogP) is 5.67. The first-order valence-corrected chi connectivity index (χ1v) is 10.6. The van der Waals surface area contributed by atoms with Crippen molar-refractivity contribution in [2.75, 3.05) is 31.1 Å². The molecule has 5 rings (SSSR count). The molecule has 1 aliphatic rings. The molecule has 1 fully saturated rings. The third-order valence-electron chi connectivity index (χ3n) is 5.73. The van der Waals surface area contributed by atoms with Gasteiger partial charge in [0.15, 0.2) is 0 Å². The fraction of sp³-hybridized carbons (Fsp3) is 0.160. The zero-order chi connectivity index (χ0) is 20.5. The van der Waals surface area contributed by atoms with E-state index in [1.54, 1.807) is 0 Å². The average molecular weight is 452 g/mol. The Labute approximate surface area is 193 Å². The number of nitrogens with zero attached hydrogens (tertiary/aromatic N) is 3. The number of anilines is 1. The van der Waals surface area contributed by atoms with Crippen molar-refractivity contribution in [3.63, 3.8) is 0 Å². The number of hydrogen-bond acceptors (Lipinski definition) is 2. The van der Waals surface area contributed by atoms with Crippen LogP contribution >= 0.6 is 24.0 Å². The summed E-state index contributed by atoms with van der Waals surface area (Å²) in [5.74, 6) is -0.00130. The van der Waals surface area contributed by atoms with E-state index in [0.29, 0.717) is 23.8 Å². The summed E-state index contributed by atoms with van der Waals surface area (Å²) in [6.07, 6.45) is 0. The molecule has 3 aromatic carbocycles. The number of carbonyl (C=O) groups excluding carboxylic acids is 1. The largest absolute Gasteiger partial charge is 0.368 e. The van der Waals surface area contributed by atoms with Gasteiger partial charge in [-0.3, -0.25) is 9.36 Å². The number of halogens is 2. The highest BCUT2D eigenvalue weighted by atomic mass is 35.5.